The highest BCUT2D eigenvalue weighted by molar-refractivity contribution is 5.29. The molecule has 44 valence electrons. The van der Waals surface area contributed by atoms with Gasteiger partial charge in [-0.2, -0.15) is 0 Å². The summed E-state index contributed by atoms with van der Waals surface area (Å²) in [4.78, 5) is 0. The van der Waals surface area contributed by atoms with Gasteiger partial charge < -0.3 is 0 Å². The molecule has 0 heterocycles. The standard InChI is InChI=1S/C8H12/c1-5-2-3-6-7-4-8(5,6)7/h5-7H,2-4H2,1H3. The Kier molecular flexibility index (Phi) is 0.381. The average Bonchev–Trinajstić information content (AvgIpc) is 2.45. The Morgan fingerprint density at radius 2 is 2.12 bits per heavy atom. The van der Waals surface area contributed by atoms with Gasteiger partial charge in [0.25, 0.3) is 0 Å². The van der Waals surface area contributed by atoms with E-state index in [1.165, 1.54) is 11.8 Å². The molecule has 8 heavy (non-hydrogen) atoms. The lowest BCUT2D eigenvalue weighted by Gasteiger charge is -2.03. The fraction of sp³-hybridized carbons (Fsp3) is 1.00. The second kappa shape index (κ2) is 0.778. The van der Waals surface area contributed by atoms with Crippen molar-refractivity contribution in [3.63, 3.8) is 0 Å². The molecule has 3 rings (SSSR count). The Labute approximate surface area is 50.3 Å². The fourth-order valence-electron chi connectivity index (χ4n) is 3.18. The van der Waals surface area contributed by atoms with Crippen molar-refractivity contribution in [3.8, 4) is 0 Å². The van der Waals surface area contributed by atoms with Gasteiger partial charge in [0.2, 0.25) is 0 Å². The van der Waals surface area contributed by atoms with Gasteiger partial charge in [0.15, 0.2) is 0 Å². The number of hydrogen-bond acceptors (Lipinski definition) is 0. The molecule has 0 radical (unpaired) electrons. The molecule has 3 aliphatic carbocycles. The van der Waals surface area contributed by atoms with Gasteiger partial charge >= 0.3 is 0 Å². The van der Waals surface area contributed by atoms with Gasteiger partial charge in [-0.15, -0.1) is 0 Å². The summed E-state index contributed by atoms with van der Waals surface area (Å²) in [5, 5.41) is 0. The van der Waals surface area contributed by atoms with E-state index in [9.17, 15) is 0 Å². The molecule has 3 fully saturated rings. The summed E-state index contributed by atoms with van der Waals surface area (Å²) in [6.45, 7) is 2.45. The topological polar surface area (TPSA) is 0 Å². The Morgan fingerprint density at radius 3 is 2.38 bits per heavy atom. The highest BCUT2D eigenvalue weighted by Gasteiger charge is 2.81. The van der Waals surface area contributed by atoms with Crippen LogP contribution < -0.4 is 0 Å². The Morgan fingerprint density at radius 1 is 1.25 bits per heavy atom. The molecule has 0 aromatic carbocycles. The summed E-state index contributed by atoms with van der Waals surface area (Å²) in [6.07, 6.45) is 4.73. The van der Waals surface area contributed by atoms with Crippen molar-refractivity contribution in [1.29, 1.82) is 0 Å². The lowest BCUT2D eigenvalue weighted by Crippen LogP contribution is -1.97. The van der Waals surface area contributed by atoms with Gasteiger partial charge in [0.1, 0.15) is 0 Å². The van der Waals surface area contributed by atoms with Crippen molar-refractivity contribution in [2.24, 2.45) is 23.2 Å². The molecule has 0 heteroatoms. The lowest BCUT2D eigenvalue weighted by molar-refractivity contribution is 0.451. The Hall–Kier alpha value is 0. The SMILES string of the molecule is CC1CCC2C3CC123. The first-order valence-electron chi connectivity index (χ1n) is 3.86. The van der Waals surface area contributed by atoms with Gasteiger partial charge in [-0.1, -0.05) is 6.92 Å². The first-order chi connectivity index (χ1) is 3.86. The summed E-state index contributed by atoms with van der Waals surface area (Å²) in [5.41, 5.74) is 0.986. The zero-order valence-corrected chi connectivity index (χ0v) is 5.35. The zero-order valence-electron chi connectivity index (χ0n) is 5.35. The maximum Gasteiger partial charge on any atom is -0.0206 e. The van der Waals surface area contributed by atoms with Gasteiger partial charge in [-0.25, -0.2) is 0 Å². The van der Waals surface area contributed by atoms with Gasteiger partial charge in [0, 0.05) is 0 Å². The minimum absolute atomic E-state index is 0.986. The third kappa shape index (κ3) is 0.191. The van der Waals surface area contributed by atoms with Crippen LogP contribution >= 0.6 is 0 Å². The van der Waals surface area contributed by atoms with Crippen LogP contribution in [0.4, 0.5) is 0 Å². The van der Waals surface area contributed by atoms with Gasteiger partial charge in [-0.05, 0) is 42.4 Å². The zero-order chi connectivity index (χ0) is 5.35. The maximum absolute atomic E-state index is 2.45. The highest BCUT2D eigenvalue weighted by atomic mass is 14.9. The monoisotopic (exact) mass is 108 g/mol. The molecule has 3 saturated carbocycles. The second-order valence-corrected chi connectivity index (χ2v) is 4.01. The molecule has 0 aromatic heterocycles. The summed E-state index contributed by atoms with van der Waals surface area (Å²) >= 11 is 0. The van der Waals surface area contributed by atoms with Gasteiger partial charge in [0.05, 0.1) is 0 Å². The summed E-state index contributed by atoms with van der Waals surface area (Å²) in [7, 11) is 0. The van der Waals surface area contributed by atoms with Crippen molar-refractivity contribution in [2.45, 2.75) is 26.2 Å². The van der Waals surface area contributed by atoms with Crippen LogP contribution in [0.3, 0.4) is 0 Å². The number of hydrogen-bond donors (Lipinski definition) is 0. The molecule has 0 aromatic rings. The van der Waals surface area contributed by atoms with E-state index in [0.29, 0.717) is 0 Å². The fourth-order valence-corrected chi connectivity index (χ4v) is 3.18. The molecule has 4 atom stereocenters. The van der Waals surface area contributed by atoms with Crippen molar-refractivity contribution >= 4 is 0 Å². The van der Waals surface area contributed by atoms with E-state index < -0.39 is 0 Å². The van der Waals surface area contributed by atoms with E-state index in [1.807, 2.05) is 0 Å². The van der Waals surface area contributed by atoms with Crippen LogP contribution in [-0.2, 0) is 0 Å². The molecule has 0 bridgehead atoms. The smallest absolute Gasteiger partial charge is 0.0206 e. The molecule has 0 aliphatic heterocycles. The van der Waals surface area contributed by atoms with Crippen molar-refractivity contribution < 1.29 is 0 Å². The van der Waals surface area contributed by atoms with E-state index in [1.54, 1.807) is 19.3 Å². The van der Waals surface area contributed by atoms with Crippen molar-refractivity contribution in [3.05, 3.63) is 0 Å². The predicted molar refractivity (Wildman–Crippen MR) is 32.4 cm³/mol. The first-order valence-corrected chi connectivity index (χ1v) is 3.86. The minimum Gasteiger partial charge on any atom is -0.0620 e. The van der Waals surface area contributed by atoms with E-state index in [4.69, 9.17) is 0 Å². The van der Waals surface area contributed by atoms with Crippen LogP contribution in [0, 0.1) is 23.2 Å². The van der Waals surface area contributed by atoms with Crippen LogP contribution in [0.1, 0.15) is 26.2 Å². The number of fused-ring (bicyclic) bond motifs is 1. The predicted octanol–water partition coefficient (Wildman–Crippen LogP) is 2.05. The van der Waals surface area contributed by atoms with Crippen LogP contribution in [0.15, 0.2) is 0 Å². The molecule has 1 spiro atoms. The summed E-state index contributed by atoms with van der Waals surface area (Å²) < 4.78 is 0. The lowest BCUT2D eigenvalue weighted by atomic mass is 10.0. The molecule has 0 N–H and O–H groups in total. The maximum atomic E-state index is 2.45. The van der Waals surface area contributed by atoms with Gasteiger partial charge in [-0.3, -0.25) is 0 Å². The molecule has 4 unspecified atom stereocenters. The van der Waals surface area contributed by atoms with E-state index in [0.717, 1.165) is 11.3 Å². The summed E-state index contributed by atoms with van der Waals surface area (Å²) in [6, 6.07) is 0. The van der Waals surface area contributed by atoms with E-state index >= 15 is 0 Å². The van der Waals surface area contributed by atoms with Crippen LogP contribution in [-0.4, -0.2) is 0 Å². The normalized spacial score (nSPS) is 73.9. The third-order valence-electron chi connectivity index (χ3n) is 4.00. The Bertz CT molecular complexity index is 150. The molecule has 0 saturated heterocycles. The van der Waals surface area contributed by atoms with Crippen LogP contribution in [0.5, 0.6) is 0 Å². The third-order valence-corrected chi connectivity index (χ3v) is 4.00. The van der Waals surface area contributed by atoms with Crippen LogP contribution in [0.25, 0.3) is 0 Å². The van der Waals surface area contributed by atoms with Crippen molar-refractivity contribution in [2.75, 3.05) is 0 Å². The molecule has 3 aliphatic rings. The Balaban J connectivity index is 2.02. The molecule has 0 nitrogen and oxygen atoms in total. The highest BCUT2D eigenvalue weighted by Crippen LogP contribution is 2.88. The molecular weight excluding hydrogens is 96.1 g/mol. The first kappa shape index (κ1) is 3.92. The van der Waals surface area contributed by atoms with Crippen molar-refractivity contribution in [1.82, 2.24) is 0 Å². The largest absolute Gasteiger partial charge is 0.0620 e. The summed E-state index contributed by atoms with van der Waals surface area (Å²) in [5.74, 6) is 3.58. The quantitative estimate of drug-likeness (QED) is 0.445. The molecular formula is C8H12. The minimum atomic E-state index is 0.986. The van der Waals surface area contributed by atoms with E-state index in [2.05, 4.69) is 6.92 Å². The average molecular weight is 108 g/mol. The van der Waals surface area contributed by atoms with E-state index in [-0.39, 0.29) is 0 Å². The molecule has 0 amide bonds. The second-order valence-electron chi connectivity index (χ2n) is 4.01. The number of rotatable bonds is 0. The van der Waals surface area contributed by atoms with Crippen LogP contribution in [0.2, 0.25) is 0 Å².